The summed E-state index contributed by atoms with van der Waals surface area (Å²) in [5.41, 5.74) is 6.84. The third kappa shape index (κ3) is 2.64. The van der Waals surface area contributed by atoms with Crippen molar-refractivity contribution < 1.29 is 4.42 Å². The second-order valence-corrected chi connectivity index (χ2v) is 3.95. The van der Waals surface area contributed by atoms with E-state index < -0.39 is 0 Å². The van der Waals surface area contributed by atoms with Gasteiger partial charge in [0, 0.05) is 12.5 Å². The first kappa shape index (κ1) is 9.81. The monoisotopic (exact) mass is 231 g/mol. The van der Waals surface area contributed by atoms with E-state index in [1.807, 2.05) is 19.9 Å². The molecule has 0 radical (unpaired) electrons. The first-order chi connectivity index (χ1) is 5.59. The van der Waals surface area contributed by atoms with Gasteiger partial charge in [0.2, 0.25) is 0 Å². The van der Waals surface area contributed by atoms with E-state index in [9.17, 15) is 0 Å². The number of hydrogen-bond donors (Lipinski definition) is 1. The molecule has 1 heterocycles. The number of furan rings is 1. The van der Waals surface area contributed by atoms with E-state index in [0.717, 1.165) is 23.3 Å². The first-order valence-electron chi connectivity index (χ1n) is 4.10. The van der Waals surface area contributed by atoms with Crippen LogP contribution in [0, 0.1) is 6.92 Å². The Kier molecular flexibility index (Phi) is 3.35. The molecule has 0 aliphatic carbocycles. The van der Waals surface area contributed by atoms with Crippen LogP contribution in [0.2, 0.25) is 0 Å². The third-order valence-corrected chi connectivity index (χ3v) is 2.21. The second kappa shape index (κ2) is 4.10. The fourth-order valence-corrected chi connectivity index (χ4v) is 1.62. The van der Waals surface area contributed by atoms with Crippen molar-refractivity contribution in [3.05, 3.63) is 22.1 Å². The highest BCUT2D eigenvalue weighted by atomic mass is 79.9. The van der Waals surface area contributed by atoms with Gasteiger partial charge in [-0.2, -0.15) is 0 Å². The number of aryl methyl sites for hydroxylation is 2. The Labute approximate surface area is 81.3 Å². The summed E-state index contributed by atoms with van der Waals surface area (Å²) >= 11 is 3.29. The van der Waals surface area contributed by atoms with E-state index in [-0.39, 0.29) is 6.04 Å². The molecule has 0 amide bonds. The van der Waals surface area contributed by atoms with Gasteiger partial charge in [0.25, 0.3) is 0 Å². The molecule has 0 spiro atoms. The summed E-state index contributed by atoms with van der Waals surface area (Å²) in [7, 11) is 0. The van der Waals surface area contributed by atoms with Gasteiger partial charge in [0.05, 0.1) is 0 Å². The number of hydrogen-bond acceptors (Lipinski definition) is 2. The molecule has 0 aromatic carbocycles. The summed E-state index contributed by atoms with van der Waals surface area (Å²) < 4.78 is 6.23. The van der Waals surface area contributed by atoms with Gasteiger partial charge in [0.15, 0.2) is 4.67 Å². The largest absolute Gasteiger partial charge is 0.454 e. The van der Waals surface area contributed by atoms with Crippen molar-refractivity contribution in [1.82, 2.24) is 0 Å². The molecule has 0 aliphatic heterocycles. The van der Waals surface area contributed by atoms with Crippen LogP contribution in [0.25, 0.3) is 0 Å². The summed E-state index contributed by atoms with van der Waals surface area (Å²) in [4.78, 5) is 0. The van der Waals surface area contributed by atoms with Crippen LogP contribution >= 0.6 is 15.9 Å². The summed E-state index contributed by atoms with van der Waals surface area (Å²) in [5.74, 6) is 1.04. The molecule has 0 unspecified atom stereocenters. The van der Waals surface area contributed by atoms with Crippen molar-refractivity contribution in [2.24, 2.45) is 5.73 Å². The summed E-state index contributed by atoms with van der Waals surface area (Å²) in [5, 5.41) is 0. The van der Waals surface area contributed by atoms with Crippen molar-refractivity contribution in [1.29, 1.82) is 0 Å². The van der Waals surface area contributed by atoms with Crippen molar-refractivity contribution in [3.63, 3.8) is 0 Å². The van der Waals surface area contributed by atoms with Gasteiger partial charge in [-0.3, -0.25) is 0 Å². The van der Waals surface area contributed by atoms with E-state index in [4.69, 9.17) is 10.2 Å². The van der Waals surface area contributed by atoms with Crippen LogP contribution in [0.5, 0.6) is 0 Å². The Hall–Kier alpha value is -0.280. The normalized spacial score (nSPS) is 13.3. The maximum atomic E-state index is 5.64. The maximum absolute atomic E-state index is 5.64. The van der Waals surface area contributed by atoms with Gasteiger partial charge >= 0.3 is 0 Å². The SMILES string of the molecule is Cc1cc(Br)oc1CC[C@H](C)N. The maximum Gasteiger partial charge on any atom is 0.169 e. The molecular formula is C9H14BrNO. The topological polar surface area (TPSA) is 39.2 Å². The second-order valence-electron chi connectivity index (χ2n) is 3.17. The van der Waals surface area contributed by atoms with E-state index in [1.54, 1.807) is 0 Å². The van der Waals surface area contributed by atoms with Gasteiger partial charge in [0.1, 0.15) is 5.76 Å². The predicted molar refractivity (Wildman–Crippen MR) is 53.1 cm³/mol. The van der Waals surface area contributed by atoms with Crippen molar-refractivity contribution in [2.75, 3.05) is 0 Å². The highest BCUT2D eigenvalue weighted by Crippen LogP contribution is 2.20. The average Bonchev–Trinajstić information content (AvgIpc) is 2.26. The van der Waals surface area contributed by atoms with Crippen molar-refractivity contribution in [3.8, 4) is 0 Å². The average molecular weight is 232 g/mol. The van der Waals surface area contributed by atoms with Gasteiger partial charge < -0.3 is 10.2 Å². The highest BCUT2D eigenvalue weighted by molar-refractivity contribution is 9.10. The van der Waals surface area contributed by atoms with E-state index in [2.05, 4.69) is 15.9 Å². The lowest BCUT2D eigenvalue weighted by atomic mass is 10.1. The van der Waals surface area contributed by atoms with Crippen LogP contribution in [0.1, 0.15) is 24.7 Å². The van der Waals surface area contributed by atoms with Crippen molar-refractivity contribution in [2.45, 2.75) is 32.7 Å². The fourth-order valence-electron chi connectivity index (χ4n) is 1.09. The number of nitrogens with two attached hydrogens (primary N) is 1. The first-order valence-corrected chi connectivity index (χ1v) is 4.89. The standard InChI is InChI=1S/C9H14BrNO/c1-6-5-9(10)12-8(6)4-3-7(2)11/h5,7H,3-4,11H2,1-2H3/t7-/m0/s1. The van der Waals surface area contributed by atoms with Gasteiger partial charge in [-0.05, 0) is 47.8 Å². The summed E-state index contributed by atoms with van der Waals surface area (Å²) in [6.45, 7) is 4.05. The Bertz CT molecular complexity index is 255. The van der Waals surface area contributed by atoms with E-state index in [0.29, 0.717) is 0 Å². The molecule has 0 fully saturated rings. The van der Waals surface area contributed by atoms with Crippen molar-refractivity contribution >= 4 is 15.9 Å². The molecule has 1 aromatic heterocycles. The molecule has 0 saturated heterocycles. The molecule has 1 atom stereocenters. The zero-order chi connectivity index (χ0) is 9.14. The van der Waals surface area contributed by atoms with Crippen LogP contribution in [0.3, 0.4) is 0 Å². The van der Waals surface area contributed by atoms with E-state index >= 15 is 0 Å². The Morgan fingerprint density at radius 1 is 1.67 bits per heavy atom. The molecule has 12 heavy (non-hydrogen) atoms. The molecule has 1 rings (SSSR count). The number of rotatable bonds is 3. The zero-order valence-electron chi connectivity index (χ0n) is 7.43. The predicted octanol–water partition coefficient (Wildman–Crippen LogP) is 2.63. The highest BCUT2D eigenvalue weighted by Gasteiger charge is 2.06. The lowest BCUT2D eigenvalue weighted by Crippen LogP contribution is -2.15. The van der Waals surface area contributed by atoms with Gasteiger partial charge in [-0.1, -0.05) is 0 Å². The molecule has 1 aromatic rings. The fraction of sp³-hybridized carbons (Fsp3) is 0.556. The zero-order valence-corrected chi connectivity index (χ0v) is 9.02. The molecule has 0 saturated carbocycles. The summed E-state index contributed by atoms with van der Waals surface area (Å²) in [6.07, 6.45) is 1.90. The molecule has 0 bridgehead atoms. The number of halogens is 1. The van der Waals surface area contributed by atoms with Gasteiger partial charge in [-0.15, -0.1) is 0 Å². The van der Waals surface area contributed by atoms with Crippen LogP contribution < -0.4 is 5.73 Å². The van der Waals surface area contributed by atoms with Crippen LogP contribution in [0.4, 0.5) is 0 Å². The van der Waals surface area contributed by atoms with Crippen LogP contribution in [-0.2, 0) is 6.42 Å². The Morgan fingerprint density at radius 3 is 2.75 bits per heavy atom. The third-order valence-electron chi connectivity index (χ3n) is 1.82. The lowest BCUT2D eigenvalue weighted by Gasteiger charge is -2.02. The molecule has 3 heteroatoms. The Morgan fingerprint density at radius 2 is 2.33 bits per heavy atom. The molecule has 2 N–H and O–H groups in total. The smallest absolute Gasteiger partial charge is 0.169 e. The minimum atomic E-state index is 0.244. The lowest BCUT2D eigenvalue weighted by molar-refractivity contribution is 0.470. The molecule has 68 valence electrons. The van der Waals surface area contributed by atoms with Gasteiger partial charge in [-0.25, -0.2) is 0 Å². The quantitative estimate of drug-likeness (QED) is 0.869. The molecule has 0 aliphatic rings. The summed E-state index contributed by atoms with van der Waals surface area (Å²) in [6, 6.07) is 2.23. The van der Waals surface area contributed by atoms with Crippen LogP contribution in [0.15, 0.2) is 15.2 Å². The Balaban J connectivity index is 2.57. The van der Waals surface area contributed by atoms with E-state index in [1.165, 1.54) is 5.56 Å². The minimum absolute atomic E-state index is 0.244. The molecule has 2 nitrogen and oxygen atoms in total. The molecular weight excluding hydrogens is 218 g/mol. The van der Waals surface area contributed by atoms with Crippen LogP contribution in [-0.4, -0.2) is 6.04 Å². The minimum Gasteiger partial charge on any atom is -0.454 e.